The fraction of sp³-hybridized carbons (Fsp3) is 0.455. The SMILES string of the molecule is CCCCn1c(N)c(N(CCOC)C(=O)COC(=O)CCOc2ccccc2)c(=O)[nH]c1=O. The van der Waals surface area contributed by atoms with E-state index in [1.807, 2.05) is 13.0 Å². The van der Waals surface area contributed by atoms with Crippen molar-refractivity contribution >= 4 is 23.4 Å². The van der Waals surface area contributed by atoms with Gasteiger partial charge in [0, 0.05) is 20.2 Å². The van der Waals surface area contributed by atoms with Crippen LogP contribution in [0.5, 0.6) is 5.75 Å². The maximum Gasteiger partial charge on any atom is 0.330 e. The average molecular weight is 463 g/mol. The molecule has 3 N–H and O–H groups in total. The molecule has 1 heterocycles. The third-order valence-electron chi connectivity index (χ3n) is 4.71. The Labute approximate surface area is 191 Å². The summed E-state index contributed by atoms with van der Waals surface area (Å²) in [5, 5.41) is 0. The molecule has 0 aliphatic carbocycles. The van der Waals surface area contributed by atoms with Crippen LogP contribution in [0.4, 0.5) is 11.5 Å². The van der Waals surface area contributed by atoms with Gasteiger partial charge in [0.15, 0.2) is 12.3 Å². The van der Waals surface area contributed by atoms with E-state index in [-0.39, 0.29) is 44.2 Å². The number of esters is 1. The number of hydrogen-bond acceptors (Lipinski definition) is 8. The molecule has 0 atom stereocenters. The van der Waals surface area contributed by atoms with Gasteiger partial charge in [-0.05, 0) is 18.6 Å². The number of nitrogens with two attached hydrogens (primary N) is 1. The zero-order valence-electron chi connectivity index (χ0n) is 18.9. The number of nitrogens with zero attached hydrogens (tertiary/aromatic N) is 2. The zero-order valence-corrected chi connectivity index (χ0v) is 18.9. The van der Waals surface area contributed by atoms with Crippen LogP contribution >= 0.6 is 0 Å². The number of nitrogens with one attached hydrogen (secondary N) is 1. The molecule has 0 unspecified atom stereocenters. The molecule has 0 spiro atoms. The third kappa shape index (κ3) is 7.49. The number of aromatic amines is 1. The number of H-pyrrole nitrogens is 1. The van der Waals surface area contributed by atoms with Gasteiger partial charge >= 0.3 is 11.7 Å². The number of carbonyl (C=O) groups is 2. The molecule has 11 heteroatoms. The first-order chi connectivity index (χ1) is 15.9. The lowest BCUT2D eigenvalue weighted by Gasteiger charge is -2.24. The van der Waals surface area contributed by atoms with Crippen molar-refractivity contribution in [1.82, 2.24) is 9.55 Å². The molecule has 1 aromatic carbocycles. The highest BCUT2D eigenvalue weighted by molar-refractivity contribution is 5.97. The number of methoxy groups -OCH3 is 1. The van der Waals surface area contributed by atoms with Gasteiger partial charge in [-0.25, -0.2) is 4.79 Å². The van der Waals surface area contributed by atoms with E-state index in [4.69, 9.17) is 19.9 Å². The summed E-state index contributed by atoms with van der Waals surface area (Å²) in [4.78, 5) is 52.8. The minimum absolute atomic E-state index is 0.0245. The second kappa shape index (κ2) is 13.1. The topological polar surface area (TPSA) is 146 Å². The van der Waals surface area contributed by atoms with E-state index in [9.17, 15) is 19.2 Å². The molecule has 33 heavy (non-hydrogen) atoms. The summed E-state index contributed by atoms with van der Waals surface area (Å²) in [6.07, 6.45) is 1.39. The van der Waals surface area contributed by atoms with Crippen molar-refractivity contribution in [3.63, 3.8) is 0 Å². The Morgan fingerprint density at radius 3 is 2.55 bits per heavy atom. The van der Waals surface area contributed by atoms with Crippen LogP contribution in [0.3, 0.4) is 0 Å². The summed E-state index contributed by atoms with van der Waals surface area (Å²) in [5.41, 5.74) is 4.45. The molecule has 0 aliphatic heterocycles. The highest BCUT2D eigenvalue weighted by atomic mass is 16.5. The van der Waals surface area contributed by atoms with Gasteiger partial charge in [-0.2, -0.15) is 0 Å². The summed E-state index contributed by atoms with van der Waals surface area (Å²) in [6.45, 7) is 1.77. The number of rotatable bonds is 13. The van der Waals surface area contributed by atoms with Crippen molar-refractivity contribution in [2.45, 2.75) is 32.7 Å². The van der Waals surface area contributed by atoms with E-state index >= 15 is 0 Å². The van der Waals surface area contributed by atoms with Crippen molar-refractivity contribution in [3.8, 4) is 5.75 Å². The Bertz CT molecular complexity index is 1030. The Balaban J connectivity index is 2.08. The minimum Gasteiger partial charge on any atom is -0.493 e. The van der Waals surface area contributed by atoms with Crippen LogP contribution in [0, 0.1) is 0 Å². The number of anilines is 2. The number of para-hydroxylation sites is 1. The Kier molecular flexibility index (Phi) is 10.2. The normalized spacial score (nSPS) is 10.6. The van der Waals surface area contributed by atoms with Gasteiger partial charge in [-0.3, -0.25) is 28.8 Å². The summed E-state index contributed by atoms with van der Waals surface area (Å²) in [5.74, 6) is -0.840. The highest BCUT2D eigenvalue weighted by Crippen LogP contribution is 2.17. The smallest absolute Gasteiger partial charge is 0.330 e. The van der Waals surface area contributed by atoms with Gasteiger partial charge in [0.25, 0.3) is 11.5 Å². The summed E-state index contributed by atoms with van der Waals surface area (Å²) >= 11 is 0. The lowest BCUT2D eigenvalue weighted by molar-refractivity contribution is -0.148. The van der Waals surface area contributed by atoms with E-state index in [1.54, 1.807) is 24.3 Å². The third-order valence-corrected chi connectivity index (χ3v) is 4.71. The Morgan fingerprint density at radius 2 is 1.88 bits per heavy atom. The molecule has 0 bridgehead atoms. The molecule has 0 fully saturated rings. The quantitative estimate of drug-likeness (QED) is 0.418. The van der Waals surface area contributed by atoms with Crippen LogP contribution in [0.1, 0.15) is 26.2 Å². The van der Waals surface area contributed by atoms with Gasteiger partial charge < -0.3 is 19.9 Å². The first-order valence-electron chi connectivity index (χ1n) is 10.6. The van der Waals surface area contributed by atoms with Crippen LogP contribution in [0.2, 0.25) is 0 Å². The number of nitrogen functional groups attached to an aromatic ring is 1. The fourth-order valence-corrected chi connectivity index (χ4v) is 2.98. The molecule has 11 nitrogen and oxygen atoms in total. The Hall–Kier alpha value is -3.60. The standard InChI is InChI=1S/C22H30N4O7/c1-3-4-11-26-20(23)19(21(29)24-22(26)30)25(12-14-31-2)17(27)15-33-18(28)10-13-32-16-8-6-5-7-9-16/h5-9H,3-4,10-15,23H2,1-2H3,(H,24,29,30). The maximum atomic E-state index is 12.8. The van der Waals surface area contributed by atoms with Crippen molar-refractivity contribution in [2.75, 3.05) is 44.1 Å². The highest BCUT2D eigenvalue weighted by Gasteiger charge is 2.25. The maximum absolute atomic E-state index is 12.8. The summed E-state index contributed by atoms with van der Waals surface area (Å²) < 4.78 is 16.7. The van der Waals surface area contributed by atoms with Gasteiger partial charge in [0.05, 0.1) is 19.6 Å². The molecule has 0 radical (unpaired) electrons. The molecule has 1 amide bonds. The van der Waals surface area contributed by atoms with Crippen molar-refractivity contribution in [3.05, 3.63) is 51.2 Å². The fourth-order valence-electron chi connectivity index (χ4n) is 2.98. The van der Waals surface area contributed by atoms with Gasteiger partial charge in [-0.1, -0.05) is 31.5 Å². The number of unbranched alkanes of at least 4 members (excludes halogenated alkanes) is 1. The lowest BCUT2D eigenvalue weighted by Crippen LogP contribution is -2.44. The van der Waals surface area contributed by atoms with Crippen LogP contribution in [-0.4, -0.2) is 54.9 Å². The van der Waals surface area contributed by atoms with Gasteiger partial charge in [-0.15, -0.1) is 0 Å². The molecule has 0 aliphatic rings. The number of benzene rings is 1. The minimum atomic E-state index is -0.808. The first kappa shape index (κ1) is 25.7. The van der Waals surface area contributed by atoms with Crippen LogP contribution < -0.4 is 26.6 Å². The van der Waals surface area contributed by atoms with Crippen molar-refractivity contribution < 1.29 is 23.8 Å². The van der Waals surface area contributed by atoms with Crippen LogP contribution in [-0.2, 0) is 25.6 Å². The first-order valence-corrected chi connectivity index (χ1v) is 10.6. The van der Waals surface area contributed by atoms with Crippen LogP contribution in [0.15, 0.2) is 39.9 Å². The van der Waals surface area contributed by atoms with Crippen molar-refractivity contribution in [2.24, 2.45) is 0 Å². The monoisotopic (exact) mass is 462 g/mol. The average Bonchev–Trinajstić information content (AvgIpc) is 2.80. The van der Waals surface area contributed by atoms with Gasteiger partial charge in [0.2, 0.25) is 0 Å². The molecular formula is C22H30N4O7. The second-order valence-corrected chi connectivity index (χ2v) is 7.11. The van der Waals surface area contributed by atoms with Crippen LogP contribution in [0.25, 0.3) is 0 Å². The molecule has 180 valence electrons. The molecule has 2 aromatic rings. The lowest BCUT2D eigenvalue weighted by atomic mass is 10.3. The number of amides is 1. The van der Waals surface area contributed by atoms with E-state index < -0.39 is 29.7 Å². The number of aromatic nitrogens is 2. The van der Waals surface area contributed by atoms with Gasteiger partial charge in [0.1, 0.15) is 11.6 Å². The predicted octanol–water partition coefficient (Wildman–Crippen LogP) is 0.911. The number of hydrogen-bond donors (Lipinski definition) is 2. The number of carbonyl (C=O) groups excluding carboxylic acids is 2. The van der Waals surface area contributed by atoms with E-state index in [0.717, 1.165) is 11.3 Å². The molecule has 0 saturated carbocycles. The predicted molar refractivity (Wildman–Crippen MR) is 122 cm³/mol. The molecule has 1 aromatic heterocycles. The molecule has 2 rings (SSSR count). The largest absolute Gasteiger partial charge is 0.493 e. The van der Waals surface area contributed by atoms with E-state index in [0.29, 0.717) is 12.2 Å². The summed E-state index contributed by atoms with van der Waals surface area (Å²) in [6, 6.07) is 8.96. The Morgan fingerprint density at radius 1 is 1.15 bits per heavy atom. The van der Waals surface area contributed by atoms with E-state index in [1.165, 1.54) is 11.7 Å². The molecular weight excluding hydrogens is 432 g/mol. The molecule has 0 saturated heterocycles. The number of ether oxygens (including phenoxy) is 3. The van der Waals surface area contributed by atoms with Crippen molar-refractivity contribution in [1.29, 1.82) is 0 Å². The summed E-state index contributed by atoms with van der Waals surface area (Å²) in [7, 11) is 1.44. The zero-order chi connectivity index (χ0) is 24.2. The van der Waals surface area contributed by atoms with E-state index in [2.05, 4.69) is 4.98 Å². The second-order valence-electron chi connectivity index (χ2n) is 7.11.